The van der Waals surface area contributed by atoms with Gasteiger partial charge in [-0.3, -0.25) is 14.4 Å². The summed E-state index contributed by atoms with van der Waals surface area (Å²) in [4.78, 5) is 35.5. The van der Waals surface area contributed by atoms with E-state index < -0.39 is 48.4 Å². The molecule has 1 heterocycles. The van der Waals surface area contributed by atoms with E-state index in [1.807, 2.05) is 13.0 Å². The van der Waals surface area contributed by atoms with Crippen LogP contribution in [0.5, 0.6) is 0 Å². The van der Waals surface area contributed by atoms with Crippen LogP contribution in [-0.4, -0.2) is 47.6 Å². The lowest BCUT2D eigenvalue weighted by molar-refractivity contribution is -0.182. The van der Waals surface area contributed by atoms with Gasteiger partial charge in [0.05, 0.1) is 18.3 Å². The maximum atomic E-state index is 12.0. The van der Waals surface area contributed by atoms with E-state index in [2.05, 4.69) is 13.2 Å². The van der Waals surface area contributed by atoms with E-state index >= 15 is 0 Å². The second-order valence-corrected chi connectivity index (χ2v) is 9.06. The predicted molar refractivity (Wildman–Crippen MR) is 125 cm³/mol. The topological polar surface area (TPSA) is 108 Å². The molecule has 0 saturated heterocycles. The third-order valence-corrected chi connectivity index (χ3v) is 6.14. The maximum absolute atomic E-state index is 12.0. The Labute approximate surface area is 201 Å². The number of aliphatic hydroxyl groups excluding tert-OH is 1. The number of hydrogen-bond donors (Lipinski definition) is 1. The van der Waals surface area contributed by atoms with Crippen molar-refractivity contribution in [3.05, 3.63) is 47.8 Å². The standard InChI is InChI=1S/C26H36O8/c1-14(2)23(32-17(5)27)12-24(33-18(6)28)21-13-31-26(34-19(7)29)25-16(4)22(30)11-9-15(3)8-10-20(21)25/h9,13,20,22-26,30H,1,4,8,10-12H2,2-3,5-7H3/b15-9-/t20-,22-,23?,24?,25+,26-/m1/s1. The fourth-order valence-electron chi connectivity index (χ4n) is 4.44. The fraction of sp³-hybridized carbons (Fsp3) is 0.577. The summed E-state index contributed by atoms with van der Waals surface area (Å²) in [6.07, 6.45) is 1.99. The minimum absolute atomic E-state index is 0.148. The van der Waals surface area contributed by atoms with Crippen molar-refractivity contribution < 1.29 is 38.4 Å². The summed E-state index contributed by atoms with van der Waals surface area (Å²) in [5.74, 6) is -2.38. The van der Waals surface area contributed by atoms with Gasteiger partial charge in [-0.15, -0.1) is 0 Å². The Bertz CT molecular complexity index is 883. The summed E-state index contributed by atoms with van der Waals surface area (Å²) in [7, 11) is 0. The minimum Gasteiger partial charge on any atom is -0.462 e. The third kappa shape index (κ3) is 7.32. The molecule has 188 valence electrons. The summed E-state index contributed by atoms with van der Waals surface area (Å²) in [6, 6.07) is 0. The molecule has 8 nitrogen and oxygen atoms in total. The molecular formula is C26H36O8. The molecule has 6 atom stereocenters. The van der Waals surface area contributed by atoms with Crippen molar-refractivity contribution in [2.75, 3.05) is 0 Å². The van der Waals surface area contributed by atoms with Crippen molar-refractivity contribution in [1.82, 2.24) is 0 Å². The highest BCUT2D eigenvalue weighted by Crippen LogP contribution is 2.44. The van der Waals surface area contributed by atoms with E-state index in [1.54, 1.807) is 6.92 Å². The number of aliphatic hydroxyl groups is 1. The van der Waals surface area contributed by atoms with Gasteiger partial charge in [-0.05, 0) is 44.3 Å². The molecule has 0 aromatic carbocycles. The number of allylic oxidation sites excluding steroid dienone is 1. The third-order valence-electron chi connectivity index (χ3n) is 6.14. The van der Waals surface area contributed by atoms with E-state index in [0.717, 1.165) is 5.57 Å². The van der Waals surface area contributed by atoms with Crippen molar-refractivity contribution in [3.63, 3.8) is 0 Å². The van der Waals surface area contributed by atoms with Gasteiger partial charge < -0.3 is 24.1 Å². The summed E-state index contributed by atoms with van der Waals surface area (Å²) in [5, 5.41) is 10.8. The normalized spacial score (nSPS) is 28.1. The molecule has 0 aromatic heterocycles. The van der Waals surface area contributed by atoms with Crippen LogP contribution in [0, 0.1) is 11.8 Å². The van der Waals surface area contributed by atoms with Gasteiger partial charge in [0.2, 0.25) is 6.29 Å². The molecule has 0 aromatic rings. The lowest BCUT2D eigenvalue weighted by Crippen LogP contribution is -2.43. The van der Waals surface area contributed by atoms with E-state index in [9.17, 15) is 19.5 Å². The van der Waals surface area contributed by atoms with Gasteiger partial charge >= 0.3 is 17.9 Å². The molecule has 0 spiro atoms. The molecule has 0 radical (unpaired) electrons. The van der Waals surface area contributed by atoms with Gasteiger partial charge in [0.1, 0.15) is 12.2 Å². The van der Waals surface area contributed by atoms with Crippen LogP contribution in [0.2, 0.25) is 0 Å². The van der Waals surface area contributed by atoms with Crippen LogP contribution < -0.4 is 0 Å². The molecule has 2 aliphatic rings. The molecule has 0 bridgehead atoms. The predicted octanol–water partition coefficient (Wildman–Crippen LogP) is 3.90. The van der Waals surface area contributed by atoms with Crippen molar-refractivity contribution in [2.45, 2.75) is 84.9 Å². The second kappa shape index (κ2) is 12.0. The Balaban J connectivity index is 2.53. The molecule has 8 heteroatoms. The van der Waals surface area contributed by atoms with Gasteiger partial charge in [0, 0.05) is 38.7 Å². The zero-order chi connectivity index (χ0) is 25.6. The van der Waals surface area contributed by atoms with Crippen LogP contribution in [0.3, 0.4) is 0 Å². The molecule has 1 aliphatic heterocycles. The number of esters is 3. The van der Waals surface area contributed by atoms with Gasteiger partial charge in [-0.2, -0.15) is 0 Å². The van der Waals surface area contributed by atoms with Crippen molar-refractivity contribution in [1.29, 1.82) is 0 Å². The van der Waals surface area contributed by atoms with Crippen LogP contribution in [0.1, 0.15) is 60.3 Å². The highest BCUT2D eigenvalue weighted by molar-refractivity contribution is 5.67. The average Bonchev–Trinajstić information content (AvgIpc) is 2.77. The van der Waals surface area contributed by atoms with Crippen LogP contribution in [0.4, 0.5) is 0 Å². The first-order valence-corrected chi connectivity index (χ1v) is 11.5. The lowest BCUT2D eigenvalue weighted by Gasteiger charge is -2.41. The number of fused-ring (bicyclic) bond motifs is 1. The molecule has 0 saturated carbocycles. The Kier molecular flexibility index (Phi) is 9.67. The van der Waals surface area contributed by atoms with Crippen LogP contribution in [0.15, 0.2) is 47.8 Å². The van der Waals surface area contributed by atoms with Crippen LogP contribution in [-0.2, 0) is 33.3 Å². The Morgan fingerprint density at radius 3 is 2.35 bits per heavy atom. The highest BCUT2D eigenvalue weighted by Gasteiger charge is 2.45. The molecular weight excluding hydrogens is 440 g/mol. The highest BCUT2D eigenvalue weighted by atomic mass is 16.7. The minimum atomic E-state index is -0.977. The van der Waals surface area contributed by atoms with E-state index in [1.165, 1.54) is 27.0 Å². The number of carbonyl (C=O) groups is 3. The van der Waals surface area contributed by atoms with Gasteiger partial charge in [-0.1, -0.05) is 24.8 Å². The van der Waals surface area contributed by atoms with Gasteiger partial charge in [0.15, 0.2) is 0 Å². The molecule has 0 fully saturated rings. The van der Waals surface area contributed by atoms with E-state index in [4.69, 9.17) is 18.9 Å². The average molecular weight is 477 g/mol. The largest absolute Gasteiger partial charge is 0.462 e. The number of ether oxygens (including phenoxy) is 4. The maximum Gasteiger partial charge on any atom is 0.305 e. The van der Waals surface area contributed by atoms with Crippen LogP contribution >= 0.6 is 0 Å². The zero-order valence-electron chi connectivity index (χ0n) is 20.7. The number of rotatable bonds is 7. The number of hydrogen-bond acceptors (Lipinski definition) is 8. The first kappa shape index (κ1) is 27.4. The molecule has 2 rings (SSSR count). The first-order chi connectivity index (χ1) is 15.9. The summed E-state index contributed by atoms with van der Waals surface area (Å²) < 4.78 is 22.3. The molecule has 0 amide bonds. The zero-order valence-corrected chi connectivity index (χ0v) is 20.7. The first-order valence-electron chi connectivity index (χ1n) is 11.5. The quantitative estimate of drug-likeness (QED) is 0.335. The summed E-state index contributed by atoms with van der Waals surface area (Å²) >= 11 is 0. The fourth-order valence-corrected chi connectivity index (χ4v) is 4.44. The van der Waals surface area contributed by atoms with Crippen molar-refractivity contribution >= 4 is 17.9 Å². The Hall–Kier alpha value is -2.87. The smallest absolute Gasteiger partial charge is 0.305 e. The Morgan fingerprint density at radius 2 is 1.79 bits per heavy atom. The van der Waals surface area contributed by atoms with Gasteiger partial charge in [-0.25, -0.2) is 0 Å². The summed E-state index contributed by atoms with van der Waals surface area (Å²) in [5.41, 5.74) is 2.83. The van der Waals surface area contributed by atoms with Crippen LogP contribution in [0.25, 0.3) is 0 Å². The van der Waals surface area contributed by atoms with Gasteiger partial charge in [0.25, 0.3) is 0 Å². The lowest BCUT2D eigenvalue weighted by atomic mass is 9.73. The monoisotopic (exact) mass is 476 g/mol. The molecule has 1 N–H and O–H groups in total. The van der Waals surface area contributed by atoms with E-state index in [-0.39, 0.29) is 12.3 Å². The van der Waals surface area contributed by atoms with Crippen molar-refractivity contribution in [2.24, 2.45) is 11.8 Å². The Morgan fingerprint density at radius 1 is 1.15 bits per heavy atom. The number of carbonyl (C=O) groups excluding carboxylic acids is 3. The second-order valence-electron chi connectivity index (χ2n) is 9.06. The summed E-state index contributed by atoms with van der Waals surface area (Å²) in [6.45, 7) is 15.6. The molecule has 34 heavy (non-hydrogen) atoms. The SMILES string of the molecule is C=C(C)C(CC(OC(C)=O)C1=CO[C@H](OC(C)=O)[C@H]2C(=C)[C@H](O)C/C=C(/C)CC[C@H]12)OC(C)=O. The van der Waals surface area contributed by atoms with Crippen molar-refractivity contribution in [3.8, 4) is 0 Å². The molecule has 1 aliphatic carbocycles. The molecule has 2 unspecified atom stereocenters. The van der Waals surface area contributed by atoms with E-state index in [0.29, 0.717) is 36.0 Å².